The van der Waals surface area contributed by atoms with Gasteiger partial charge in [0, 0.05) is 11.9 Å². The Morgan fingerprint density at radius 1 is 1.27 bits per heavy atom. The van der Waals surface area contributed by atoms with Crippen molar-refractivity contribution < 1.29 is 0 Å². The molecule has 2 nitrogen and oxygen atoms in total. The lowest BCUT2D eigenvalue weighted by atomic mass is 9.90. The van der Waals surface area contributed by atoms with Gasteiger partial charge in [-0.05, 0) is 30.9 Å². The van der Waals surface area contributed by atoms with Crippen molar-refractivity contribution in [3.8, 4) is 0 Å². The lowest BCUT2D eigenvalue weighted by molar-refractivity contribution is 0.404. The summed E-state index contributed by atoms with van der Waals surface area (Å²) in [6.07, 6.45) is 3.15. The van der Waals surface area contributed by atoms with Gasteiger partial charge in [0.05, 0.1) is 5.69 Å². The maximum atomic E-state index is 4.56. The molecule has 80 valence electrons. The molecular weight excluding hydrogens is 184 g/mol. The number of imidazole rings is 1. The zero-order chi connectivity index (χ0) is 11.1. The Labute approximate surface area is 91.0 Å². The average molecular weight is 202 g/mol. The highest BCUT2D eigenvalue weighted by atomic mass is 15.0. The largest absolute Gasteiger partial charge is 0.304 e. The molecule has 0 amide bonds. The molecule has 2 heteroatoms. The monoisotopic (exact) mass is 202 g/mol. The number of aryl methyl sites for hydroxylation is 1. The van der Waals surface area contributed by atoms with Crippen LogP contribution in [0.15, 0.2) is 24.4 Å². The summed E-state index contributed by atoms with van der Waals surface area (Å²) in [5.41, 5.74) is 3.83. The fourth-order valence-electron chi connectivity index (χ4n) is 1.88. The van der Waals surface area contributed by atoms with Gasteiger partial charge in [-0.2, -0.15) is 0 Å². The fourth-order valence-corrected chi connectivity index (χ4v) is 1.88. The molecule has 0 saturated carbocycles. The van der Waals surface area contributed by atoms with Crippen molar-refractivity contribution in [2.45, 2.75) is 34.1 Å². The van der Waals surface area contributed by atoms with E-state index in [1.165, 1.54) is 5.69 Å². The third kappa shape index (κ3) is 2.04. The quantitative estimate of drug-likeness (QED) is 0.694. The van der Waals surface area contributed by atoms with Crippen LogP contribution in [0.2, 0.25) is 0 Å². The molecule has 0 aromatic carbocycles. The topological polar surface area (TPSA) is 17.3 Å². The van der Waals surface area contributed by atoms with E-state index in [1.807, 2.05) is 6.07 Å². The highest BCUT2D eigenvalue weighted by molar-refractivity contribution is 5.42. The van der Waals surface area contributed by atoms with Crippen LogP contribution in [0, 0.1) is 12.3 Å². The van der Waals surface area contributed by atoms with E-state index in [-0.39, 0.29) is 0 Å². The van der Waals surface area contributed by atoms with E-state index in [1.54, 1.807) is 0 Å². The van der Waals surface area contributed by atoms with E-state index in [4.69, 9.17) is 0 Å². The van der Waals surface area contributed by atoms with Crippen LogP contribution in [0.5, 0.6) is 0 Å². The number of pyridine rings is 1. The Balaban J connectivity index is 2.54. The van der Waals surface area contributed by atoms with Crippen LogP contribution in [0.1, 0.15) is 32.2 Å². The summed E-state index contributed by atoms with van der Waals surface area (Å²) in [5.74, 6) is 0. The first kappa shape index (κ1) is 10.2. The second-order valence-electron chi connectivity index (χ2n) is 5.31. The number of aromatic nitrogens is 2. The third-order valence-electron chi connectivity index (χ3n) is 2.53. The van der Waals surface area contributed by atoms with E-state index in [9.17, 15) is 0 Å². The van der Waals surface area contributed by atoms with Crippen LogP contribution in [0.3, 0.4) is 0 Å². The van der Waals surface area contributed by atoms with Gasteiger partial charge in [0.15, 0.2) is 0 Å². The lowest BCUT2D eigenvalue weighted by Crippen LogP contribution is -2.11. The molecule has 0 atom stereocenters. The van der Waals surface area contributed by atoms with Gasteiger partial charge in [0.25, 0.3) is 0 Å². The second-order valence-corrected chi connectivity index (χ2v) is 5.31. The summed E-state index contributed by atoms with van der Waals surface area (Å²) >= 11 is 0. The molecule has 0 spiro atoms. The molecule has 2 rings (SSSR count). The molecule has 0 aliphatic carbocycles. The molecule has 2 aromatic heterocycles. The molecular formula is C13H18N2. The van der Waals surface area contributed by atoms with Crippen molar-refractivity contribution in [3.05, 3.63) is 35.8 Å². The summed E-state index contributed by atoms with van der Waals surface area (Å²) in [7, 11) is 0. The summed E-state index contributed by atoms with van der Waals surface area (Å²) < 4.78 is 2.20. The molecule has 0 aliphatic rings. The van der Waals surface area contributed by atoms with E-state index in [0.29, 0.717) is 5.41 Å². The maximum Gasteiger partial charge on any atom is 0.137 e. The number of hydrogen-bond acceptors (Lipinski definition) is 1. The van der Waals surface area contributed by atoms with Gasteiger partial charge >= 0.3 is 0 Å². The smallest absolute Gasteiger partial charge is 0.137 e. The molecule has 0 saturated heterocycles. The maximum absolute atomic E-state index is 4.56. The fraction of sp³-hybridized carbons (Fsp3) is 0.462. The van der Waals surface area contributed by atoms with E-state index < -0.39 is 0 Å². The van der Waals surface area contributed by atoms with Gasteiger partial charge in [-0.25, -0.2) is 4.98 Å². The summed E-state index contributed by atoms with van der Waals surface area (Å²) in [4.78, 5) is 4.56. The minimum Gasteiger partial charge on any atom is -0.304 e. The first-order chi connectivity index (χ1) is 6.97. The summed E-state index contributed by atoms with van der Waals surface area (Å²) in [5, 5.41) is 0. The van der Waals surface area contributed by atoms with Crippen molar-refractivity contribution in [2.24, 2.45) is 5.41 Å². The van der Waals surface area contributed by atoms with Gasteiger partial charge in [-0.1, -0.05) is 26.8 Å². The standard InChI is InChI=1S/C13H18N2/c1-10-11(9-13(2,3)4)15-8-6-5-7-12(15)14-10/h5-8H,9H2,1-4H3. The molecule has 0 radical (unpaired) electrons. The Morgan fingerprint density at radius 2 is 2.00 bits per heavy atom. The molecule has 2 heterocycles. The van der Waals surface area contributed by atoms with Crippen molar-refractivity contribution in [2.75, 3.05) is 0 Å². The van der Waals surface area contributed by atoms with Gasteiger partial charge in [0.1, 0.15) is 5.65 Å². The highest BCUT2D eigenvalue weighted by Gasteiger charge is 2.16. The molecule has 0 unspecified atom stereocenters. The Hall–Kier alpha value is -1.31. The van der Waals surface area contributed by atoms with Crippen LogP contribution in [0.25, 0.3) is 5.65 Å². The molecule has 15 heavy (non-hydrogen) atoms. The molecule has 0 bridgehead atoms. The van der Waals surface area contributed by atoms with E-state index in [2.05, 4.69) is 55.4 Å². The molecule has 0 fully saturated rings. The number of hydrogen-bond donors (Lipinski definition) is 0. The van der Waals surface area contributed by atoms with Crippen molar-refractivity contribution in [3.63, 3.8) is 0 Å². The zero-order valence-electron chi connectivity index (χ0n) is 9.91. The minimum atomic E-state index is 0.302. The Morgan fingerprint density at radius 3 is 2.67 bits per heavy atom. The number of fused-ring (bicyclic) bond motifs is 1. The van der Waals surface area contributed by atoms with E-state index in [0.717, 1.165) is 17.8 Å². The SMILES string of the molecule is Cc1nc2ccccn2c1CC(C)(C)C. The summed E-state index contributed by atoms with van der Waals surface area (Å²) in [6.45, 7) is 8.87. The Bertz CT molecular complexity index is 475. The second kappa shape index (κ2) is 3.37. The lowest BCUT2D eigenvalue weighted by Gasteiger charge is -2.18. The van der Waals surface area contributed by atoms with Crippen molar-refractivity contribution in [1.29, 1.82) is 0 Å². The summed E-state index contributed by atoms with van der Waals surface area (Å²) in [6, 6.07) is 6.14. The van der Waals surface area contributed by atoms with Crippen LogP contribution < -0.4 is 0 Å². The normalized spacial score (nSPS) is 12.3. The van der Waals surface area contributed by atoms with Crippen LogP contribution >= 0.6 is 0 Å². The van der Waals surface area contributed by atoms with Crippen LogP contribution in [0.4, 0.5) is 0 Å². The predicted molar refractivity (Wildman–Crippen MR) is 63.1 cm³/mol. The first-order valence-corrected chi connectivity index (χ1v) is 5.40. The molecule has 2 aromatic rings. The van der Waals surface area contributed by atoms with Crippen LogP contribution in [-0.2, 0) is 6.42 Å². The van der Waals surface area contributed by atoms with Crippen molar-refractivity contribution in [1.82, 2.24) is 9.38 Å². The third-order valence-corrected chi connectivity index (χ3v) is 2.53. The zero-order valence-corrected chi connectivity index (χ0v) is 9.91. The van der Waals surface area contributed by atoms with Gasteiger partial charge < -0.3 is 4.40 Å². The van der Waals surface area contributed by atoms with Gasteiger partial charge in [-0.15, -0.1) is 0 Å². The highest BCUT2D eigenvalue weighted by Crippen LogP contribution is 2.23. The van der Waals surface area contributed by atoms with Gasteiger partial charge in [-0.3, -0.25) is 0 Å². The van der Waals surface area contributed by atoms with Crippen molar-refractivity contribution >= 4 is 5.65 Å². The minimum absolute atomic E-state index is 0.302. The predicted octanol–water partition coefficient (Wildman–Crippen LogP) is 3.23. The first-order valence-electron chi connectivity index (χ1n) is 5.40. The average Bonchev–Trinajstić information content (AvgIpc) is 2.41. The van der Waals surface area contributed by atoms with Gasteiger partial charge in [0.2, 0.25) is 0 Å². The number of nitrogens with zero attached hydrogens (tertiary/aromatic N) is 2. The number of rotatable bonds is 1. The van der Waals surface area contributed by atoms with E-state index >= 15 is 0 Å². The molecule has 0 N–H and O–H groups in total. The molecule has 0 aliphatic heterocycles. The Kier molecular flexibility index (Phi) is 2.29. The van der Waals surface area contributed by atoms with Crippen LogP contribution in [-0.4, -0.2) is 9.38 Å².